The van der Waals surface area contributed by atoms with E-state index >= 15 is 0 Å². The molecule has 0 aliphatic carbocycles. The summed E-state index contributed by atoms with van der Waals surface area (Å²) in [6.07, 6.45) is 2.60. The van der Waals surface area contributed by atoms with Crippen LogP contribution in [0.25, 0.3) is 0 Å². The summed E-state index contributed by atoms with van der Waals surface area (Å²) < 4.78 is 11.8. The first-order valence-electron chi connectivity index (χ1n) is 9.72. The van der Waals surface area contributed by atoms with E-state index in [1.807, 2.05) is 32.2 Å². The number of ether oxygens (including phenoxy) is 2. The van der Waals surface area contributed by atoms with Crippen molar-refractivity contribution >= 4 is 29.9 Å². The first-order valence-corrected chi connectivity index (χ1v) is 9.72. The zero-order chi connectivity index (χ0) is 19.0. The molecular weight excluding hydrogens is 453 g/mol. The molecule has 1 aliphatic rings. The molecule has 1 aromatic rings. The van der Waals surface area contributed by atoms with Crippen LogP contribution in [0.4, 0.5) is 0 Å². The van der Waals surface area contributed by atoms with Crippen LogP contribution in [-0.4, -0.2) is 38.9 Å². The third-order valence-electron chi connectivity index (χ3n) is 4.77. The van der Waals surface area contributed by atoms with E-state index in [0.717, 1.165) is 36.8 Å². The smallest absolute Gasteiger partial charge is 0.191 e. The number of para-hydroxylation sites is 1. The minimum Gasteiger partial charge on any atom is -0.494 e. The van der Waals surface area contributed by atoms with Gasteiger partial charge in [0.15, 0.2) is 5.96 Å². The Morgan fingerprint density at radius 2 is 2.00 bits per heavy atom. The Bertz CT molecular complexity index is 587. The van der Waals surface area contributed by atoms with Gasteiger partial charge in [-0.1, -0.05) is 39.0 Å². The van der Waals surface area contributed by atoms with Gasteiger partial charge in [-0.3, -0.25) is 4.99 Å². The Morgan fingerprint density at radius 3 is 2.67 bits per heavy atom. The second-order valence-electron chi connectivity index (χ2n) is 7.91. The van der Waals surface area contributed by atoms with Crippen molar-refractivity contribution in [3.63, 3.8) is 0 Å². The average Bonchev–Trinajstić information content (AvgIpc) is 2.63. The first-order chi connectivity index (χ1) is 12.5. The molecule has 27 heavy (non-hydrogen) atoms. The number of hydrogen-bond donors (Lipinski definition) is 2. The Morgan fingerprint density at radius 1 is 1.26 bits per heavy atom. The van der Waals surface area contributed by atoms with Gasteiger partial charge in [0.2, 0.25) is 0 Å². The molecule has 2 rings (SSSR count). The summed E-state index contributed by atoms with van der Waals surface area (Å²) in [6.45, 7) is 11.9. The number of hydrogen-bond acceptors (Lipinski definition) is 3. The van der Waals surface area contributed by atoms with Crippen LogP contribution >= 0.6 is 24.0 Å². The molecule has 1 saturated heterocycles. The van der Waals surface area contributed by atoms with E-state index in [1.165, 1.54) is 6.42 Å². The highest BCUT2D eigenvalue weighted by Gasteiger charge is 2.35. The van der Waals surface area contributed by atoms with Crippen molar-refractivity contribution in [1.82, 2.24) is 10.6 Å². The standard InChI is InChI=1S/C21H35N3O2.HI/c1-6-25-18-12-8-7-10-16(18)14-23-20(22-5)24-15-17-11-9-13-26-19(17)21(2,3)4;/h7-8,10,12,17,19H,6,9,11,13-15H2,1-5H3,(H2,22,23,24);1H. The summed E-state index contributed by atoms with van der Waals surface area (Å²) in [4.78, 5) is 4.36. The molecule has 1 fully saturated rings. The number of rotatable bonds is 6. The summed E-state index contributed by atoms with van der Waals surface area (Å²) in [7, 11) is 1.81. The molecule has 0 bridgehead atoms. The van der Waals surface area contributed by atoms with Gasteiger partial charge in [-0.05, 0) is 31.2 Å². The second kappa shape index (κ2) is 11.7. The van der Waals surface area contributed by atoms with Gasteiger partial charge in [-0.15, -0.1) is 24.0 Å². The molecule has 154 valence electrons. The lowest BCUT2D eigenvalue weighted by Crippen LogP contribution is -2.47. The highest BCUT2D eigenvalue weighted by Crippen LogP contribution is 2.33. The first kappa shape index (κ1) is 24.0. The van der Waals surface area contributed by atoms with Crippen molar-refractivity contribution < 1.29 is 9.47 Å². The SMILES string of the molecule is CCOc1ccccc1CNC(=NC)NCC1CCCOC1C(C)(C)C.I. The van der Waals surface area contributed by atoms with E-state index in [-0.39, 0.29) is 35.5 Å². The van der Waals surface area contributed by atoms with E-state index in [1.54, 1.807) is 0 Å². The number of benzene rings is 1. The molecule has 2 atom stereocenters. The molecule has 0 aromatic heterocycles. The van der Waals surface area contributed by atoms with Gasteiger partial charge in [0, 0.05) is 38.2 Å². The topological polar surface area (TPSA) is 54.9 Å². The third-order valence-corrected chi connectivity index (χ3v) is 4.77. The number of aliphatic imine (C=N–C) groups is 1. The summed E-state index contributed by atoms with van der Waals surface area (Å²) in [6, 6.07) is 8.11. The van der Waals surface area contributed by atoms with Crippen LogP contribution in [0.1, 0.15) is 46.1 Å². The maximum absolute atomic E-state index is 6.08. The lowest BCUT2D eigenvalue weighted by atomic mass is 9.78. The summed E-state index contributed by atoms with van der Waals surface area (Å²) >= 11 is 0. The van der Waals surface area contributed by atoms with Crippen LogP contribution in [0.15, 0.2) is 29.3 Å². The monoisotopic (exact) mass is 489 g/mol. The zero-order valence-electron chi connectivity index (χ0n) is 17.4. The van der Waals surface area contributed by atoms with Gasteiger partial charge in [-0.2, -0.15) is 0 Å². The fraction of sp³-hybridized carbons (Fsp3) is 0.667. The van der Waals surface area contributed by atoms with E-state index in [2.05, 4.69) is 42.5 Å². The van der Waals surface area contributed by atoms with Crippen molar-refractivity contribution in [3.8, 4) is 5.75 Å². The van der Waals surface area contributed by atoms with Gasteiger partial charge >= 0.3 is 0 Å². The number of guanidine groups is 1. The van der Waals surface area contributed by atoms with Crippen LogP contribution in [0.5, 0.6) is 5.75 Å². The molecule has 0 saturated carbocycles. The molecule has 6 heteroatoms. The maximum Gasteiger partial charge on any atom is 0.191 e. The lowest BCUT2D eigenvalue weighted by Gasteiger charge is -2.40. The van der Waals surface area contributed by atoms with Crippen LogP contribution in [0.3, 0.4) is 0 Å². The van der Waals surface area contributed by atoms with Gasteiger partial charge in [0.1, 0.15) is 5.75 Å². The van der Waals surface area contributed by atoms with Crippen LogP contribution in [0, 0.1) is 11.3 Å². The van der Waals surface area contributed by atoms with Gasteiger partial charge in [-0.25, -0.2) is 0 Å². The molecule has 1 heterocycles. The number of nitrogens with one attached hydrogen (secondary N) is 2. The fourth-order valence-corrected chi connectivity index (χ4v) is 3.58. The van der Waals surface area contributed by atoms with E-state index < -0.39 is 0 Å². The fourth-order valence-electron chi connectivity index (χ4n) is 3.58. The zero-order valence-corrected chi connectivity index (χ0v) is 19.7. The van der Waals surface area contributed by atoms with Crippen molar-refractivity contribution in [2.45, 2.75) is 53.2 Å². The quantitative estimate of drug-likeness (QED) is 0.357. The minimum absolute atomic E-state index is 0. The average molecular weight is 489 g/mol. The van der Waals surface area contributed by atoms with Gasteiger partial charge in [0.05, 0.1) is 12.7 Å². The molecule has 2 unspecified atom stereocenters. The second-order valence-corrected chi connectivity index (χ2v) is 7.91. The Labute approximate surface area is 181 Å². The lowest BCUT2D eigenvalue weighted by molar-refractivity contribution is -0.0835. The van der Waals surface area contributed by atoms with Crippen LogP contribution in [0.2, 0.25) is 0 Å². The van der Waals surface area contributed by atoms with Crippen molar-refractivity contribution in [2.75, 3.05) is 26.8 Å². The molecule has 0 radical (unpaired) electrons. The molecule has 5 nitrogen and oxygen atoms in total. The number of nitrogens with zero attached hydrogens (tertiary/aromatic N) is 1. The molecular formula is C21H36IN3O2. The summed E-state index contributed by atoms with van der Waals surface area (Å²) in [5, 5.41) is 6.88. The van der Waals surface area contributed by atoms with E-state index in [4.69, 9.17) is 9.47 Å². The van der Waals surface area contributed by atoms with E-state index in [9.17, 15) is 0 Å². The predicted molar refractivity (Wildman–Crippen MR) is 123 cm³/mol. The van der Waals surface area contributed by atoms with Crippen LogP contribution < -0.4 is 15.4 Å². The third kappa shape index (κ3) is 7.49. The Kier molecular flexibility index (Phi) is 10.4. The maximum atomic E-state index is 6.08. The minimum atomic E-state index is 0. The molecule has 2 N–H and O–H groups in total. The Hall–Kier alpha value is -1.02. The highest BCUT2D eigenvalue weighted by molar-refractivity contribution is 14.0. The van der Waals surface area contributed by atoms with Crippen molar-refractivity contribution in [2.24, 2.45) is 16.3 Å². The summed E-state index contributed by atoms with van der Waals surface area (Å²) in [5.74, 6) is 2.24. The van der Waals surface area contributed by atoms with Gasteiger partial charge < -0.3 is 20.1 Å². The molecule has 1 aromatic carbocycles. The van der Waals surface area contributed by atoms with E-state index in [0.29, 0.717) is 19.1 Å². The Balaban J connectivity index is 0.00000364. The largest absolute Gasteiger partial charge is 0.494 e. The normalized spacial score (nSPS) is 20.6. The predicted octanol–water partition coefficient (Wildman–Crippen LogP) is 4.21. The van der Waals surface area contributed by atoms with Crippen LogP contribution in [-0.2, 0) is 11.3 Å². The molecule has 1 aliphatic heterocycles. The highest BCUT2D eigenvalue weighted by atomic mass is 127. The van der Waals surface area contributed by atoms with Crippen molar-refractivity contribution in [3.05, 3.63) is 29.8 Å². The summed E-state index contributed by atoms with van der Waals surface area (Å²) in [5.41, 5.74) is 1.28. The number of halogens is 1. The molecule has 0 spiro atoms. The van der Waals surface area contributed by atoms with Gasteiger partial charge in [0.25, 0.3) is 0 Å². The molecule has 0 amide bonds. The van der Waals surface area contributed by atoms with Crippen molar-refractivity contribution in [1.29, 1.82) is 0 Å².